The number of hydrogen-bond donors (Lipinski definition) is 2. The van der Waals surface area contributed by atoms with E-state index in [1.54, 1.807) is 0 Å². The van der Waals surface area contributed by atoms with Crippen LogP contribution >= 0.6 is 0 Å². The van der Waals surface area contributed by atoms with E-state index in [1.807, 2.05) is 0 Å². The maximum atomic E-state index is 9.60. The van der Waals surface area contributed by atoms with Crippen LogP contribution in [0.1, 0.15) is 24.1 Å². The molecule has 0 radical (unpaired) electrons. The highest BCUT2D eigenvalue weighted by atomic mass is 16.3. The molecule has 1 saturated heterocycles. The van der Waals surface area contributed by atoms with Crippen molar-refractivity contribution >= 4 is 0 Å². The maximum Gasteiger partial charge on any atom is 0.0628 e. The van der Waals surface area contributed by atoms with E-state index in [1.165, 1.54) is 11.1 Å². The molecule has 1 fully saturated rings. The lowest BCUT2D eigenvalue weighted by Crippen LogP contribution is -2.46. The summed E-state index contributed by atoms with van der Waals surface area (Å²) in [6.45, 7) is 6.43. The molecule has 0 saturated carbocycles. The van der Waals surface area contributed by atoms with E-state index in [2.05, 4.69) is 41.4 Å². The van der Waals surface area contributed by atoms with E-state index >= 15 is 0 Å². The van der Waals surface area contributed by atoms with Crippen molar-refractivity contribution in [2.75, 3.05) is 32.8 Å². The van der Waals surface area contributed by atoms with Gasteiger partial charge in [0.25, 0.3) is 0 Å². The van der Waals surface area contributed by atoms with Gasteiger partial charge in [-0.3, -0.25) is 4.90 Å². The zero-order chi connectivity index (χ0) is 12.1. The molecule has 0 unspecified atom stereocenters. The Labute approximate surface area is 103 Å². The van der Waals surface area contributed by atoms with Crippen LogP contribution in [-0.4, -0.2) is 42.8 Å². The standard InChI is InChI=1S/C14H22N2O/c1-2-12-3-5-13(6-4-12)14(11-17)16-9-7-15-8-10-16/h3-6,14-15,17H,2,7-11H2,1H3/t14-/m1/s1. The fraction of sp³-hybridized carbons (Fsp3) is 0.571. The lowest BCUT2D eigenvalue weighted by molar-refractivity contribution is 0.111. The SMILES string of the molecule is CCc1ccc([C@@H](CO)N2CCNCC2)cc1. The Morgan fingerprint density at radius 1 is 1.24 bits per heavy atom. The van der Waals surface area contributed by atoms with Crippen LogP contribution in [0.5, 0.6) is 0 Å². The number of benzene rings is 1. The summed E-state index contributed by atoms with van der Waals surface area (Å²) in [5, 5.41) is 12.9. The Morgan fingerprint density at radius 2 is 1.88 bits per heavy atom. The number of nitrogens with zero attached hydrogens (tertiary/aromatic N) is 1. The molecule has 0 aliphatic carbocycles. The Kier molecular flexibility index (Phi) is 4.54. The number of aliphatic hydroxyl groups is 1. The molecule has 1 heterocycles. The zero-order valence-electron chi connectivity index (χ0n) is 10.5. The van der Waals surface area contributed by atoms with Gasteiger partial charge in [-0.2, -0.15) is 0 Å². The molecule has 1 atom stereocenters. The van der Waals surface area contributed by atoms with Gasteiger partial charge in [0.15, 0.2) is 0 Å². The first-order valence-electron chi connectivity index (χ1n) is 6.49. The van der Waals surface area contributed by atoms with E-state index in [-0.39, 0.29) is 12.6 Å². The predicted molar refractivity (Wildman–Crippen MR) is 70.1 cm³/mol. The lowest BCUT2D eigenvalue weighted by atomic mass is 10.0. The van der Waals surface area contributed by atoms with Crippen LogP contribution in [0.25, 0.3) is 0 Å². The third-order valence-electron chi connectivity index (χ3n) is 3.54. The van der Waals surface area contributed by atoms with Crippen molar-refractivity contribution in [3.63, 3.8) is 0 Å². The molecule has 1 aliphatic heterocycles. The molecule has 3 heteroatoms. The van der Waals surface area contributed by atoms with Gasteiger partial charge in [-0.15, -0.1) is 0 Å². The van der Waals surface area contributed by atoms with Gasteiger partial charge in [-0.25, -0.2) is 0 Å². The summed E-state index contributed by atoms with van der Waals surface area (Å²) in [5.74, 6) is 0. The number of aliphatic hydroxyl groups excluding tert-OH is 1. The molecule has 3 nitrogen and oxygen atoms in total. The first-order chi connectivity index (χ1) is 8.35. The normalized spacial score (nSPS) is 19.2. The Balaban J connectivity index is 2.10. The summed E-state index contributed by atoms with van der Waals surface area (Å²) in [6, 6.07) is 8.80. The average Bonchev–Trinajstić information content (AvgIpc) is 2.42. The number of hydrogen-bond acceptors (Lipinski definition) is 3. The second-order valence-electron chi connectivity index (χ2n) is 4.58. The highest BCUT2D eigenvalue weighted by molar-refractivity contribution is 5.25. The van der Waals surface area contributed by atoms with Crippen molar-refractivity contribution in [1.82, 2.24) is 10.2 Å². The molecule has 1 aromatic carbocycles. The van der Waals surface area contributed by atoms with Crippen LogP contribution in [0.3, 0.4) is 0 Å². The number of aryl methyl sites for hydroxylation is 1. The Hall–Kier alpha value is -0.900. The average molecular weight is 234 g/mol. The number of nitrogens with one attached hydrogen (secondary N) is 1. The van der Waals surface area contributed by atoms with Crippen LogP contribution in [0.4, 0.5) is 0 Å². The molecule has 2 rings (SSSR count). The molecule has 2 N–H and O–H groups in total. The fourth-order valence-corrected chi connectivity index (χ4v) is 2.40. The first-order valence-corrected chi connectivity index (χ1v) is 6.49. The van der Waals surface area contributed by atoms with E-state index in [4.69, 9.17) is 0 Å². The smallest absolute Gasteiger partial charge is 0.0628 e. The van der Waals surface area contributed by atoms with Crippen molar-refractivity contribution in [3.05, 3.63) is 35.4 Å². The maximum absolute atomic E-state index is 9.60. The first kappa shape index (κ1) is 12.6. The Morgan fingerprint density at radius 3 is 2.41 bits per heavy atom. The van der Waals surface area contributed by atoms with Gasteiger partial charge in [0, 0.05) is 26.2 Å². The molecular formula is C14H22N2O. The highest BCUT2D eigenvalue weighted by Gasteiger charge is 2.20. The zero-order valence-corrected chi connectivity index (χ0v) is 10.5. The van der Waals surface area contributed by atoms with Crippen LogP contribution in [0.2, 0.25) is 0 Å². The van der Waals surface area contributed by atoms with Gasteiger partial charge in [0.1, 0.15) is 0 Å². The molecule has 94 valence electrons. The molecule has 17 heavy (non-hydrogen) atoms. The van der Waals surface area contributed by atoms with E-state index in [9.17, 15) is 5.11 Å². The summed E-state index contributed by atoms with van der Waals surface area (Å²) in [6.07, 6.45) is 1.07. The summed E-state index contributed by atoms with van der Waals surface area (Å²) < 4.78 is 0. The Bertz CT molecular complexity index is 331. The van der Waals surface area contributed by atoms with Crippen LogP contribution in [0.15, 0.2) is 24.3 Å². The molecule has 0 bridgehead atoms. The minimum Gasteiger partial charge on any atom is -0.394 e. The second kappa shape index (κ2) is 6.15. The van der Waals surface area contributed by atoms with Crippen LogP contribution in [0, 0.1) is 0 Å². The van der Waals surface area contributed by atoms with Crippen molar-refractivity contribution < 1.29 is 5.11 Å². The van der Waals surface area contributed by atoms with Crippen molar-refractivity contribution in [1.29, 1.82) is 0 Å². The minimum absolute atomic E-state index is 0.156. The highest BCUT2D eigenvalue weighted by Crippen LogP contribution is 2.21. The number of rotatable bonds is 4. The summed E-state index contributed by atoms with van der Waals surface area (Å²) >= 11 is 0. The summed E-state index contributed by atoms with van der Waals surface area (Å²) in [4.78, 5) is 2.36. The van der Waals surface area contributed by atoms with Crippen LogP contribution < -0.4 is 5.32 Å². The molecule has 1 aromatic rings. The molecule has 0 amide bonds. The van der Waals surface area contributed by atoms with E-state index in [0.717, 1.165) is 32.6 Å². The topological polar surface area (TPSA) is 35.5 Å². The van der Waals surface area contributed by atoms with Crippen LogP contribution in [-0.2, 0) is 6.42 Å². The largest absolute Gasteiger partial charge is 0.394 e. The summed E-state index contributed by atoms with van der Waals surface area (Å²) in [5.41, 5.74) is 2.58. The molecule has 0 aromatic heterocycles. The molecular weight excluding hydrogens is 212 g/mol. The van der Waals surface area contributed by atoms with Crippen molar-refractivity contribution in [2.45, 2.75) is 19.4 Å². The van der Waals surface area contributed by atoms with Crippen molar-refractivity contribution in [2.24, 2.45) is 0 Å². The van der Waals surface area contributed by atoms with Gasteiger partial charge in [0.2, 0.25) is 0 Å². The number of piperazine rings is 1. The quantitative estimate of drug-likeness (QED) is 0.821. The predicted octanol–water partition coefficient (Wildman–Crippen LogP) is 1.19. The monoisotopic (exact) mass is 234 g/mol. The van der Waals surface area contributed by atoms with Gasteiger partial charge in [0.05, 0.1) is 12.6 Å². The third-order valence-corrected chi connectivity index (χ3v) is 3.54. The van der Waals surface area contributed by atoms with Gasteiger partial charge >= 0.3 is 0 Å². The molecule has 0 spiro atoms. The van der Waals surface area contributed by atoms with Gasteiger partial charge < -0.3 is 10.4 Å². The van der Waals surface area contributed by atoms with E-state index < -0.39 is 0 Å². The summed E-state index contributed by atoms with van der Waals surface area (Å²) in [7, 11) is 0. The fourth-order valence-electron chi connectivity index (χ4n) is 2.40. The minimum atomic E-state index is 0.156. The second-order valence-corrected chi connectivity index (χ2v) is 4.58. The molecule has 1 aliphatic rings. The van der Waals surface area contributed by atoms with Gasteiger partial charge in [-0.05, 0) is 17.5 Å². The van der Waals surface area contributed by atoms with Crippen molar-refractivity contribution in [3.8, 4) is 0 Å². The van der Waals surface area contributed by atoms with Gasteiger partial charge in [-0.1, -0.05) is 31.2 Å². The van der Waals surface area contributed by atoms with E-state index in [0.29, 0.717) is 0 Å². The third kappa shape index (κ3) is 3.06. The lowest BCUT2D eigenvalue weighted by Gasteiger charge is -2.34.